The maximum atomic E-state index is 13.0. The zero-order valence-corrected chi connectivity index (χ0v) is 10.1. The molecular weight excluding hydrogens is 223 g/mol. The van der Waals surface area contributed by atoms with Crippen molar-refractivity contribution in [1.82, 2.24) is 10.2 Å². The van der Waals surface area contributed by atoms with E-state index in [4.69, 9.17) is 0 Å². The Hall–Kier alpha value is -1.91. The molecule has 4 nitrogen and oxygen atoms in total. The Morgan fingerprint density at radius 2 is 2.06 bits per heavy atom. The number of nitrogens with one attached hydrogen (secondary N) is 1. The van der Waals surface area contributed by atoms with Gasteiger partial charge in [0.25, 0.3) is 5.91 Å². The van der Waals surface area contributed by atoms with Crippen LogP contribution in [0.5, 0.6) is 0 Å². The van der Waals surface area contributed by atoms with Crippen molar-refractivity contribution in [3.63, 3.8) is 0 Å². The van der Waals surface area contributed by atoms with E-state index in [1.807, 2.05) is 0 Å². The molecule has 0 saturated heterocycles. The van der Waals surface area contributed by atoms with E-state index in [0.29, 0.717) is 11.1 Å². The van der Waals surface area contributed by atoms with E-state index >= 15 is 0 Å². The SMILES string of the molecule is CNC(=O)CN(C)C(=O)c1ccc(F)c(C)c1. The number of hydrogen-bond donors (Lipinski definition) is 1. The van der Waals surface area contributed by atoms with Gasteiger partial charge in [0.2, 0.25) is 5.91 Å². The maximum absolute atomic E-state index is 13.0. The van der Waals surface area contributed by atoms with E-state index in [1.165, 1.54) is 37.2 Å². The molecule has 0 spiro atoms. The molecule has 17 heavy (non-hydrogen) atoms. The second kappa shape index (κ2) is 5.43. The van der Waals surface area contributed by atoms with Crippen molar-refractivity contribution in [3.8, 4) is 0 Å². The minimum absolute atomic E-state index is 0.0221. The molecule has 0 heterocycles. The highest BCUT2D eigenvalue weighted by atomic mass is 19.1. The van der Waals surface area contributed by atoms with Crippen LogP contribution in [-0.4, -0.2) is 37.4 Å². The van der Waals surface area contributed by atoms with Crippen LogP contribution in [-0.2, 0) is 4.79 Å². The van der Waals surface area contributed by atoms with E-state index in [0.717, 1.165) is 0 Å². The summed E-state index contributed by atoms with van der Waals surface area (Å²) in [5.41, 5.74) is 0.777. The number of carbonyl (C=O) groups is 2. The number of aryl methyl sites for hydroxylation is 1. The maximum Gasteiger partial charge on any atom is 0.254 e. The van der Waals surface area contributed by atoms with Gasteiger partial charge in [0.05, 0.1) is 6.54 Å². The Labute approximate surface area is 99.4 Å². The lowest BCUT2D eigenvalue weighted by Crippen LogP contribution is -2.36. The summed E-state index contributed by atoms with van der Waals surface area (Å²) >= 11 is 0. The van der Waals surface area contributed by atoms with Crippen molar-refractivity contribution in [2.75, 3.05) is 20.6 Å². The van der Waals surface area contributed by atoms with Crippen LogP contribution in [0.25, 0.3) is 0 Å². The lowest BCUT2D eigenvalue weighted by Gasteiger charge is -2.16. The predicted molar refractivity (Wildman–Crippen MR) is 62.2 cm³/mol. The Balaban J connectivity index is 2.81. The largest absolute Gasteiger partial charge is 0.358 e. The standard InChI is InChI=1S/C12H15FN2O2/c1-8-6-9(4-5-10(8)13)12(17)15(3)7-11(16)14-2/h4-6H,7H2,1-3H3,(H,14,16). The summed E-state index contributed by atoms with van der Waals surface area (Å²) < 4.78 is 13.0. The summed E-state index contributed by atoms with van der Waals surface area (Å²) in [6.45, 7) is 1.57. The second-order valence-corrected chi connectivity index (χ2v) is 3.80. The first-order chi connectivity index (χ1) is 7.95. The molecule has 1 rings (SSSR count). The first kappa shape index (κ1) is 13.2. The van der Waals surface area contributed by atoms with Gasteiger partial charge in [0.1, 0.15) is 5.82 Å². The van der Waals surface area contributed by atoms with Crippen molar-refractivity contribution in [2.24, 2.45) is 0 Å². The summed E-state index contributed by atoms with van der Waals surface area (Å²) in [4.78, 5) is 24.3. The normalized spacial score (nSPS) is 9.88. The van der Waals surface area contributed by atoms with Crippen molar-refractivity contribution >= 4 is 11.8 Å². The van der Waals surface area contributed by atoms with Crippen LogP contribution in [0.15, 0.2) is 18.2 Å². The van der Waals surface area contributed by atoms with Gasteiger partial charge in [-0.2, -0.15) is 0 Å². The summed E-state index contributed by atoms with van der Waals surface area (Å²) in [5, 5.41) is 2.43. The fraction of sp³-hybridized carbons (Fsp3) is 0.333. The van der Waals surface area contributed by atoms with Crippen LogP contribution in [0.4, 0.5) is 4.39 Å². The van der Waals surface area contributed by atoms with Gasteiger partial charge in [-0.3, -0.25) is 9.59 Å². The molecule has 0 radical (unpaired) electrons. The Bertz CT molecular complexity index is 446. The van der Waals surface area contributed by atoms with Crippen LogP contribution in [0.2, 0.25) is 0 Å². The smallest absolute Gasteiger partial charge is 0.254 e. The molecule has 0 aliphatic rings. The molecule has 0 fully saturated rings. The van der Waals surface area contributed by atoms with E-state index in [-0.39, 0.29) is 24.2 Å². The number of likely N-dealkylation sites (N-methyl/N-ethyl adjacent to an activating group) is 2. The summed E-state index contributed by atoms with van der Waals surface area (Å²) in [6.07, 6.45) is 0. The van der Waals surface area contributed by atoms with Crippen LogP contribution in [0.1, 0.15) is 15.9 Å². The van der Waals surface area contributed by atoms with Crippen LogP contribution < -0.4 is 5.32 Å². The molecule has 0 bridgehead atoms. The van der Waals surface area contributed by atoms with E-state index in [2.05, 4.69) is 5.32 Å². The van der Waals surface area contributed by atoms with Crippen molar-refractivity contribution in [3.05, 3.63) is 35.1 Å². The zero-order valence-electron chi connectivity index (χ0n) is 10.1. The van der Waals surface area contributed by atoms with E-state index < -0.39 is 0 Å². The van der Waals surface area contributed by atoms with Gasteiger partial charge in [-0.25, -0.2) is 4.39 Å². The summed E-state index contributed by atoms with van der Waals surface area (Å²) in [6, 6.07) is 4.12. The van der Waals surface area contributed by atoms with Gasteiger partial charge in [-0.1, -0.05) is 0 Å². The molecule has 5 heteroatoms. The summed E-state index contributed by atoms with van der Waals surface area (Å²) in [7, 11) is 3.03. The molecule has 1 N–H and O–H groups in total. The quantitative estimate of drug-likeness (QED) is 0.852. The number of amides is 2. The first-order valence-corrected chi connectivity index (χ1v) is 5.18. The lowest BCUT2D eigenvalue weighted by atomic mass is 10.1. The molecule has 0 aliphatic carbocycles. The Morgan fingerprint density at radius 1 is 1.41 bits per heavy atom. The van der Waals surface area contributed by atoms with Crippen LogP contribution >= 0.6 is 0 Å². The van der Waals surface area contributed by atoms with Crippen molar-refractivity contribution in [2.45, 2.75) is 6.92 Å². The van der Waals surface area contributed by atoms with Gasteiger partial charge in [0, 0.05) is 19.7 Å². The highest BCUT2D eigenvalue weighted by Crippen LogP contribution is 2.10. The molecular formula is C12H15FN2O2. The molecule has 0 aliphatic heterocycles. The minimum Gasteiger partial charge on any atom is -0.358 e. The highest BCUT2D eigenvalue weighted by Gasteiger charge is 2.14. The van der Waals surface area contributed by atoms with Gasteiger partial charge >= 0.3 is 0 Å². The third-order valence-corrected chi connectivity index (χ3v) is 2.41. The third-order valence-electron chi connectivity index (χ3n) is 2.41. The Morgan fingerprint density at radius 3 is 2.59 bits per heavy atom. The fourth-order valence-electron chi connectivity index (χ4n) is 1.36. The van der Waals surface area contributed by atoms with Gasteiger partial charge in [0.15, 0.2) is 0 Å². The molecule has 92 valence electrons. The van der Waals surface area contributed by atoms with Gasteiger partial charge in [-0.05, 0) is 30.7 Å². The number of carbonyl (C=O) groups excluding carboxylic acids is 2. The summed E-state index contributed by atoms with van der Waals surface area (Å²) in [5.74, 6) is -0.910. The molecule has 0 unspecified atom stereocenters. The average molecular weight is 238 g/mol. The number of hydrogen-bond acceptors (Lipinski definition) is 2. The number of benzene rings is 1. The van der Waals surface area contributed by atoms with Crippen molar-refractivity contribution < 1.29 is 14.0 Å². The first-order valence-electron chi connectivity index (χ1n) is 5.18. The molecule has 1 aromatic carbocycles. The fourth-order valence-corrected chi connectivity index (χ4v) is 1.36. The third kappa shape index (κ3) is 3.27. The lowest BCUT2D eigenvalue weighted by molar-refractivity contribution is -0.121. The monoisotopic (exact) mass is 238 g/mol. The minimum atomic E-state index is -0.351. The molecule has 0 atom stereocenters. The average Bonchev–Trinajstić information content (AvgIpc) is 2.31. The molecule has 2 amide bonds. The zero-order chi connectivity index (χ0) is 13.0. The topological polar surface area (TPSA) is 49.4 Å². The predicted octanol–water partition coefficient (Wildman–Crippen LogP) is 0.952. The van der Waals surface area contributed by atoms with Crippen LogP contribution in [0.3, 0.4) is 0 Å². The molecule has 0 aromatic heterocycles. The van der Waals surface area contributed by atoms with Gasteiger partial charge < -0.3 is 10.2 Å². The van der Waals surface area contributed by atoms with E-state index in [9.17, 15) is 14.0 Å². The highest BCUT2D eigenvalue weighted by molar-refractivity contribution is 5.96. The van der Waals surface area contributed by atoms with E-state index in [1.54, 1.807) is 6.92 Å². The van der Waals surface area contributed by atoms with Crippen molar-refractivity contribution in [1.29, 1.82) is 0 Å². The number of rotatable bonds is 3. The van der Waals surface area contributed by atoms with Crippen LogP contribution in [0, 0.1) is 12.7 Å². The number of halogens is 1. The molecule has 0 saturated carbocycles. The Kier molecular flexibility index (Phi) is 4.20. The van der Waals surface area contributed by atoms with Gasteiger partial charge in [-0.15, -0.1) is 0 Å². The second-order valence-electron chi connectivity index (χ2n) is 3.80. The number of nitrogens with zero attached hydrogens (tertiary/aromatic N) is 1. The molecule has 1 aromatic rings.